The third-order valence-electron chi connectivity index (χ3n) is 11.8. The van der Waals surface area contributed by atoms with Gasteiger partial charge in [-0.15, -0.1) is 0 Å². The van der Waals surface area contributed by atoms with Gasteiger partial charge in [0.1, 0.15) is 29.4 Å². The van der Waals surface area contributed by atoms with Crippen LogP contribution in [0.15, 0.2) is 96.0 Å². The molecule has 20 heteroatoms. The Bertz CT molecular complexity index is 3020. The van der Waals surface area contributed by atoms with Gasteiger partial charge in [0, 0.05) is 43.7 Å². The number of carboxylic acid groups (broad SMARTS) is 1. The number of hydrogen-bond acceptors (Lipinski definition) is 13. The Hall–Kier alpha value is -7.06. The number of pyridine rings is 1. The number of amides is 4. The second-order valence-corrected chi connectivity index (χ2v) is 29.8. The van der Waals surface area contributed by atoms with E-state index in [1.165, 1.54) is 42.3 Å². The summed E-state index contributed by atoms with van der Waals surface area (Å²) in [6.45, 7) is 18.3. The number of imide groups is 1. The monoisotopic (exact) mass is 1070 g/mol. The summed E-state index contributed by atoms with van der Waals surface area (Å²) in [5.41, 5.74) is 0.342. The Morgan fingerprint density at radius 1 is 0.840 bits per heavy atom. The first-order chi connectivity index (χ1) is 35.0. The number of anilines is 3. The van der Waals surface area contributed by atoms with Gasteiger partial charge in [-0.05, 0) is 137 Å². The van der Waals surface area contributed by atoms with Crippen molar-refractivity contribution in [2.24, 2.45) is 0 Å². The molecule has 0 saturated heterocycles. The van der Waals surface area contributed by atoms with Gasteiger partial charge in [0.25, 0.3) is 0 Å². The van der Waals surface area contributed by atoms with Gasteiger partial charge in [0.2, 0.25) is 5.91 Å². The molecule has 0 bridgehead atoms. The van der Waals surface area contributed by atoms with E-state index in [2.05, 4.69) is 35.3 Å². The fraction of sp³-hybridized carbons (Fsp3) is 0.418. The molecule has 0 aliphatic heterocycles. The molecule has 1 unspecified atom stereocenters. The van der Waals surface area contributed by atoms with E-state index in [-0.39, 0.29) is 58.9 Å². The molecule has 75 heavy (non-hydrogen) atoms. The molecule has 2 atom stereocenters. The summed E-state index contributed by atoms with van der Waals surface area (Å²) in [6, 6.07) is 22.2. The molecule has 1 aliphatic carbocycles. The van der Waals surface area contributed by atoms with Gasteiger partial charge in [-0.2, -0.15) is 4.90 Å². The Labute approximate surface area is 439 Å². The number of carbonyl (C=O) groups is 5. The fourth-order valence-electron chi connectivity index (χ4n) is 7.87. The summed E-state index contributed by atoms with van der Waals surface area (Å²) in [6.07, 6.45) is -1.04. The molecular formula is C55H68FN5O12SSi. The van der Waals surface area contributed by atoms with Crippen molar-refractivity contribution in [1.82, 2.24) is 9.88 Å². The lowest BCUT2D eigenvalue weighted by Crippen LogP contribution is -2.44. The van der Waals surface area contributed by atoms with E-state index in [1.54, 1.807) is 72.7 Å². The molecule has 4 amide bonds. The highest BCUT2D eigenvalue weighted by Gasteiger charge is 2.39. The molecule has 1 aromatic heterocycles. The quantitative estimate of drug-likeness (QED) is 0.0517. The molecule has 1 heterocycles. The lowest BCUT2D eigenvalue weighted by molar-refractivity contribution is -0.138. The van der Waals surface area contributed by atoms with Crippen molar-refractivity contribution in [3.8, 4) is 5.75 Å². The second kappa shape index (κ2) is 23.2. The van der Waals surface area contributed by atoms with Crippen molar-refractivity contribution in [3.63, 3.8) is 0 Å². The molecule has 0 radical (unpaired) electrons. The maximum atomic E-state index is 15.7. The molecule has 1 aliphatic rings. The van der Waals surface area contributed by atoms with Crippen molar-refractivity contribution in [3.05, 3.63) is 119 Å². The smallest absolute Gasteiger partial charge is 0.425 e. The van der Waals surface area contributed by atoms with Gasteiger partial charge in [-0.25, -0.2) is 37.0 Å². The molecule has 6 rings (SSSR count). The van der Waals surface area contributed by atoms with Gasteiger partial charge in [-0.3, -0.25) is 4.79 Å². The van der Waals surface area contributed by atoms with E-state index in [0.29, 0.717) is 40.3 Å². The molecule has 1 saturated carbocycles. The van der Waals surface area contributed by atoms with Crippen LogP contribution in [0.4, 0.5) is 36.0 Å². The summed E-state index contributed by atoms with van der Waals surface area (Å²) in [5, 5.41) is 16.0. The minimum absolute atomic E-state index is 0.0224. The number of sulfone groups is 1. The van der Waals surface area contributed by atoms with Crippen LogP contribution < -0.4 is 20.3 Å². The van der Waals surface area contributed by atoms with Crippen LogP contribution in [0.25, 0.3) is 10.8 Å². The molecule has 4 aromatic carbocycles. The Balaban J connectivity index is 1.29. The Kier molecular flexibility index (Phi) is 17.7. The number of fused-ring (bicyclic) bond motifs is 1. The first-order valence-corrected chi connectivity index (χ1v) is 29.9. The standard InChI is InChI=1S/C55H68FN5O12SSi/c1-34(27-47(62)58-38-19-24-46(74(68,69)40-20-21-40)37(28-38)32-60(8)51(65)70-25-26-75(9,10)11)42-29-36(17-23-45(42)71-33-35-15-13-12-14-16-35)48(50(63)64)59-39-18-22-41-43(30-39)44(56)31-57-49(41)61(52(66)72-54(2,3)4)53(67)73-55(5,6)7/h12-19,22-24,28-31,34,40,48,59H,20-21,25-27,32-33H2,1-11H3,(H,58,62)(H,63,64)/t34-,48?/m0/s1. The maximum Gasteiger partial charge on any atom is 0.425 e. The SMILES string of the molecule is C[C@@H](CC(=O)Nc1ccc(S(=O)(=O)C2CC2)c(CN(C)C(=O)OCC[Si](C)(C)C)c1)c1cc(C(Nc2ccc3c(N(C(=O)OC(C)(C)C)C(=O)OC(C)(C)C)ncc(F)c3c2)C(=O)O)ccc1OCc1ccccc1. The van der Waals surface area contributed by atoms with E-state index in [0.717, 1.165) is 17.8 Å². The highest BCUT2D eigenvalue weighted by atomic mass is 32.2. The van der Waals surface area contributed by atoms with E-state index >= 15 is 4.39 Å². The maximum absolute atomic E-state index is 15.7. The number of nitrogens with one attached hydrogen (secondary N) is 2. The normalized spacial score (nSPS) is 13.8. The van der Waals surface area contributed by atoms with Crippen LogP contribution >= 0.6 is 0 Å². The highest BCUT2D eigenvalue weighted by Crippen LogP contribution is 2.38. The Morgan fingerprint density at radius 3 is 2.08 bits per heavy atom. The van der Waals surface area contributed by atoms with Gasteiger partial charge in [0.05, 0.1) is 29.5 Å². The summed E-state index contributed by atoms with van der Waals surface area (Å²) in [4.78, 5) is 73.2. The van der Waals surface area contributed by atoms with Crippen LogP contribution in [0, 0.1) is 5.82 Å². The van der Waals surface area contributed by atoms with Crippen LogP contribution in [0.3, 0.4) is 0 Å². The van der Waals surface area contributed by atoms with E-state index in [4.69, 9.17) is 18.9 Å². The average molecular weight is 1070 g/mol. The third-order valence-corrected chi connectivity index (χ3v) is 15.8. The van der Waals surface area contributed by atoms with E-state index < -0.39 is 82.3 Å². The molecular weight excluding hydrogens is 1000 g/mol. The van der Waals surface area contributed by atoms with Gasteiger partial charge >= 0.3 is 24.2 Å². The number of benzene rings is 4. The van der Waals surface area contributed by atoms with E-state index in [9.17, 15) is 37.5 Å². The second-order valence-electron chi connectivity index (χ2n) is 22.0. The highest BCUT2D eigenvalue weighted by molar-refractivity contribution is 7.92. The zero-order chi connectivity index (χ0) is 55.2. The molecule has 402 valence electrons. The third kappa shape index (κ3) is 15.7. The Morgan fingerprint density at radius 2 is 1.48 bits per heavy atom. The lowest BCUT2D eigenvalue weighted by Gasteiger charge is -2.28. The van der Waals surface area contributed by atoms with Crippen LogP contribution in [-0.2, 0) is 46.8 Å². The van der Waals surface area contributed by atoms with Crippen molar-refractivity contribution in [2.75, 3.05) is 29.2 Å². The summed E-state index contributed by atoms with van der Waals surface area (Å²) < 4.78 is 65.7. The predicted octanol–water partition coefficient (Wildman–Crippen LogP) is 11.8. The minimum Gasteiger partial charge on any atom is -0.489 e. The molecule has 0 spiro atoms. The van der Waals surface area contributed by atoms with Gasteiger partial charge in [-0.1, -0.05) is 63.0 Å². The topological polar surface area (TPSA) is 220 Å². The lowest BCUT2D eigenvalue weighted by atomic mass is 9.92. The largest absolute Gasteiger partial charge is 0.489 e. The molecule has 1 fully saturated rings. The number of carbonyl (C=O) groups excluding carboxylic acids is 4. The van der Waals surface area contributed by atoms with Gasteiger partial charge < -0.3 is 39.6 Å². The van der Waals surface area contributed by atoms with Crippen molar-refractivity contribution in [1.29, 1.82) is 0 Å². The number of aromatic nitrogens is 1. The number of rotatable bonds is 19. The average Bonchev–Trinajstić information content (AvgIpc) is 4.17. The minimum atomic E-state index is -3.70. The zero-order valence-corrected chi connectivity index (χ0v) is 46.2. The predicted molar refractivity (Wildman–Crippen MR) is 287 cm³/mol. The molecule has 3 N–H and O–H groups in total. The number of halogens is 1. The first-order valence-electron chi connectivity index (χ1n) is 24.7. The van der Waals surface area contributed by atoms with Crippen molar-refractivity contribution >= 4 is 76.0 Å². The number of carboxylic acids is 1. The summed E-state index contributed by atoms with van der Waals surface area (Å²) >= 11 is 0. The van der Waals surface area contributed by atoms with E-state index in [1.807, 2.05) is 30.3 Å². The van der Waals surface area contributed by atoms with Gasteiger partial charge in [0.15, 0.2) is 21.7 Å². The number of aliphatic carboxylic acids is 1. The summed E-state index contributed by atoms with van der Waals surface area (Å²) in [7, 11) is -3.66. The fourth-order valence-corrected chi connectivity index (χ4v) is 10.4. The van der Waals surface area contributed by atoms with Crippen LogP contribution in [0.5, 0.6) is 5.75 Å². The number of ether oxygens (including phenoxy) is 4. The van der Waals surface area contributed by atoms with Crippen LogP contribution in [0.2, 0.25) is 25.7 Å². The van der Waals surface area contributed by atoms with Crippen molar-refractivity contribution in [2.45, 2.75) is 140 Å². The zero-order valence-electron chi connectivity index (χ0n) is 44.4. The van der Waals surface area contributed by atoms with Crippen LogP contribution in [-0.4, -0.2) is 91.7 Å². The first kappa shape index (κ1) is 57.2. The molecule has 5 aromatic rings. The van der Waals surface area contributed by atoms with Crippen LogP contribution in [0.1, 0.15) is 102 Å². The van der Waals surface area contributed by atoms with Crippen molar-refractivity contribution < 1.29 is 60.8 Å². The number of hydrogen-bond donors (Lipinski definition) is 3. The number of nitrogens with zero attached hydrogens (tertiary/aromatic N) is 3. The summed E-state index contributed by atoms with van der Waals surface area (Å²) in [5.74, 6) is -3.05. The molecule has 17 nitrogen and oxygen atoms in total.